The van der Waals surface area contributed by atoms with Gasteiger partial charge in [0.25, 0.3) is 0 Å². The number of nitrogens with two attached hydrogens (primary N) is 1. The maximum absolute atomic E-state index is 9.60. The third kappa shape index (κ3) is 6.49. The Morgan fingerprint density at radius 2 is 1.88 bits per heavy atom. The normalized spacial score (nSPS) is 19.1. The van der Waals surface area contributed by atoms with Crippen LogP contribution >= 0.6 is 0 Å². The highest BCUT2D eigenvalue weighted by atomic mass is 16.3. The minimum Gasteiger partial charge on any atom is -0.393 e. The number of hydrogen-bond acceptors (Lipinski definition) is 2. The summed E-state index contributed by atoms with van der Waals surface area (Å²) in [6.07, 6.45) is 6.47. The van der Waals surface area contributed by atoms with E-state index in [-0.39, 0.29) is 6.10 Å². The summed E-state index contributed by atoms with van der Waals surface area (Å²) in [6, 6.07) is 0. The minimum absolute atomic E-state index is 0.114. The zero-order chi connectivity index (χ0) is 12.6. The molecule has 98 valence electrons. The lowest BCUT2D eigenvalue weighted by atomic mass is 9.77. The van der Waals surface area contributed by atoms with Crippen LogP contribution < -0.4 is 5.73 Å². The van der Waals surface area contributed by atoms with Crippen molar-refractivity contribution in [1.82, 2.24) is 0 Å². The Labute approximate surface area is 102 Å². The fraction of sp³-hybridized carbons (Fsp3) is 1.00. The van der Waals surface area contributed by atoms with Crippen LogP contribution in [0.25, 0.3) is 0 Å². The summed E-state index contributed by atoms with van der Waals surface area (Å²) in [7, 11) is 0. The molecule has 0 aromatic carbocycles. The molecule has 2 heteroatoms. The first-order chi connectivity index (χ1) is 7.47. The van der Waals surface area contributed by atoms with Gasteiger partial charge in [-0.2, -0.15) is 0 Å². The number of aliphatic hydroxyl groups is 1. The summed E-state index contributed by atoms with van der Waals surface area (Å²) in [5.41, 5.74) is 6.06. The molecule has 0 aromatic heterocycles. The fourth-order valence-corrected chi connectivity index (χ4v) is 2.17. The van der Waals surface area contributed by atoms with Crippen molar-refractivity contribution in [2.45, 2.75) is 72.3 Å². The van der Waals surface area contributed by atoms with Gasteiger partial charge in [-0.15, -0.1) is 0 Å². The van der Waals surface area contributed by atoms with Crippen LogP contribution in [-0.2, 0) is 0 Å². The third-order valence-electron chi connectivity index (χ3n) is 3.99. The van der Waals surface area contributed by atoms with Gasteiger partial charge in [-0.1, -0.05) is 40.5 Å². The second-order valence-corrected chi connectivity index (χ2v) is 5.64. The van der Waals surface area contributed by atoms with E-state index in [1.165, 1.54) is 19.3 Å². The van der Waals surface area contributed by atoms with Gasteiger partial charge >= 0.3 is 0 Å². The molecule has 0 radical (unpaired) electrons. The molecule has 0 aromatic rings. The smallest absolute Gasteiger partial charge is 0.0540 e. The molecule has 0 saturated carbocycles. The minimum atomic E-state index is -0.114. The van der Waals surface area contributed by atoms with Gasteiger partial charge in [-0.05, 0) is 43.6 Å². The van der Waals surface area contributed by atoms with Crippen LogP contribution in [0.2, 0.25) is 0 Å². The second-order valence-electron chi connectivity index (χ2n) is 5.64. The summed E-state index contributed by atoms with van der Waals surface area (Å²) >= 11 is 0. The van der Waals surface area contributed by atoms with Gasteiger partial charge in [0, 0.05) is 0 Å². The van der Waals surface area contributed by atoms with E-state index in [1.807, 2.05) is 6.92 Å². The maximum Gasteiger partial charge on any atom is 0.0540 e. The molecule has 16 heavy (non-hydrogen) atoms. The molecule has 0 saturated heterocycles. The molecule has 0 aliphatic heterocycles. The highest BCUT2D eigenvalue weighted by molar-refractivity contribution is 4.74. The fourth-order valence-electron chi connectivity index (χ4n) is 2.17. The molecule has 2 nitrogen and oxygen atoms in total. The first kappa shape index (κ1) is 15.9. The third-order valence-corrected chi connectivity index (χ3v) is 3.99. The molecular formula is C14H31NO. The lowest BCUT2D eigenvalue weighted by Gasteiger charge is -2.29. The molecule has 2 unspecified atom stereocenters. The number of aliphatic hydroxyl groups excluding tert-OH is 1. The van der Waals surface area contributed by atoms with Gasteiger partial charge in [-0.25, -0.2) is 0 Å². The summed E-state index contributed by atoms with van der Waals surface area (Å²) in [5.74, 6) is 0.624. The Morgan fingerprint density at radius 3 is 2.31 bits per heavy atom. The van der Waals surface area contributed by atoms with E-state index in [0.717, 1.165) is 25.8 Å². The van der Waals surface area contributed by atoms with Crippen LogP contribution in [0.3, 0.4) is 0 Å². The Hall–Kier alpha value is -0.0800. The summed E-state index contributed by atoms with van der Waals surface area (Å²) in [6.45, 7) is 9.67. The molecule has 0 bridgehead atoms. The average molecular weight is 229 g/mol. The van der Waals surface area contributed by atoms with Gasteiger partial charge in [0.2, 0.25) is 0 Å². The lowest BCUT2D eigenvalue weighted by molar-refractivity contribution is 0.132. The van der Waals surface area contributed by atoms with Crippen molar-refractivity contribution in [3.05, 3.63) is 0 Å². The molecule has 0 rings (SSSR count). The maximum atomic E-state index is 9.60. The van der Waals surface area contributed by atoms with Gasteiger partial charge in [0.15, 0.2) is 0 Å². The zero-order valence-electron chi connectivity index (χ0n) is 11.6. The Balaban J connectivity index is 3.91. The molecule has 0 heterocycles. The van der Waals surface area contributed by atoms with Gasteiger partial charge < -0.3 is 10.8 Å². The predicted molar refractivity (Wildman–Crippen MR) is 71.4 cm³/mol. The van der Waals surface area contributed by atoms with Crippen LogP contribution in [0, 0.1) is 11.3 Å². The van der Waals surface area contributed by atoms with Gasteiger partial charge in [0.05, 0.1) is 6.10 Å². The van der Waals surface area contributed by atoms with Gasteiger partial charge in [0.1, 0.15) is 0 Å². The van der Waals surface area contributed by atoms with E-state index in [1.54, 1.807) is 0 Å². The van der Waals surface area contributed by atoms with E-state index in [4.69, 9.17) is 5.73 Å². The Morgan fingerprint density at radius 1 is 1.25 bits per heavy atom. The first-order valence-electron chi connectivity index (χ1n) is 6.85. The second kappa shape index (κ2) is 8.08. The summed E-state index contributed by atoms with van der Waals surface area (Å²) in [5, 5.41) is 9.60. The molecule has 0 spiro atoms. The lowest BCUT2D eigenvalue weighted by Crippen LogP contribution is -2.21. The van der Waals surface area contributed by atoms with E-state index in [9.17, 15) is 5.11 Å². The van der Waals surface area contributed by atoms with E-state index in [2.05, 4.69) is 20.8 Å². The highest BCUT2D eigenvalue weighted by Gasteiger charge is 2.22. The van der Waals surface area contributed by atoms with Crippen LogP contribution in [0.1, 0.15) is 66.2 Å². The van der Waals surface area contributed by atoms with Crippen molar-refractivity contribution >= 4 is 0 Å². The highest BCUT2D eigenvalue weighted by Crippen LogP contribution is 2.33. The zero-order valence-corrected chi connectivity index (χ0v) is 11.6. The quantitative estimate of drug-likeness (QED) is 0.637. The molecule has 3 atom stereocenters. The topological polar surface area (TPSA) is 46.2 Å². The van der Waals surface area contributed by atoms with Crippen molar-refractivity contribution in [2.75, 3.05) is 6.54 Å². The van der Waals surface area contributed by atoms with Crippen LogP contribution in [0.4, 0.5) is 0 Å². The molecule has 3 N–H and O–H groups in total. The number of hydrogen-bond donors (Lipinski definition) is 2. The largest absolute Gasteiger partial charge is 0.393 e. The van der Waals surface area contributed by atoms with Crippen molar-refractivity contribution in [2.24, 2.45) is 17.1 Å². The van der Waals surface area contributed by atoms with Crippen molar-refractivity contribution in [1.29, 1.82) is 0 Å². The van der Waals surface area contributed by atoms with Crippen LogP contribution in [0.15, 0.2) is 0 Å². The molecule has 0 aliphatic rings. The first-order valence-corrected chi connectivity index (χ1v) is 6.85. The Kier molecular flexibility index (Phi) is 8.04. The summed E-state index contributed by atoms with van der Waals surface area (Å²) < 4.78 is 0. The molecule has 0 amide bonds. The van der Waals surface area contributed by atoms with Crippen molar-refractivity contribution in [3.63, 3.8) is 0 Å². The van der Waals surface area contributed by atoms with E-state index >= 15 is 0 Å². The molecular weight excluding hydrogens is 198 g/mol. The SMILES string of the molecule is CC[C@H](O)CC(C)CCC(C)(CC)CCN. The molecule has 0 fully saturated rings. The standard InChI is InChI=1S/C14H31NO/c1-5-13(16)11-12(3)7-8-14(4,6-2)9-10-15/h12-13,16H,5-11,15H2,1-4H3/t12?,13-,14?/m0/s1. The van der Waals surface area contributed by atoms with Crippen LogP contribution in [-0.4, -0.2) is 17.8 Å². The van der Waals surface area contributed by atoms with Crippen molar-refractivity contribution < 1.29 is 5.11 Å². The van der Waals surface area contributed by atoms with E-state index < -0.39 is 0 Å². The summed E-state index contributed by atoms with van der Waals surface area (Å²) in [4.78, 5) is 0. The Bertz CT molecular complexity index is 172. The van der Waals surface area contributed by atoms with E-state index in [0.29, 0.717) is 11.3 Å². The average Bonchev–Trinajstić information content (AvgIpc) is 2.26. The monoisotopic (exact) mass is 229 g/mol. The predicted octanol–water partition coefficient (Wildman–Crippen LogP) is 3.33. The van der Waals surface area contributed by atoms with Gasteiger partial charge in [-0.3, -0.25) is 0 Å². The molecule has 0 aliphatic carbocycles. The number of rotatable bonds is 9. The van der Waals surface area contributed by atoms with Crippen molar-refractivity contribution in [3.8, 4) is 0 Å². The van der Waals surface area contributed by atoms with Crippen LogP contribution in [0.5, 0.6) is 0 Å².